The number of benzene rings is 1. The van der Waals surface area contributed by atoms with E-state index in [4.69, 9.17) is 4.74 Å². The standard InChI is InChI=1S/C22H25N5O3/c1-4-16-13(2)17(10-18(16)29)27-12-23-19-20(27)25-22(24-14(3)28)26-21(19)30-11-15-8-6-5-7-9-15/h5-9,12,16-18,29H,2,4,10-11H2,1,3H3,(H,24,25,26,28)/t16-,17-,18-/m0/s1. The first-order chi connectivity index (χ1) is 14.5. The molecule has 30 heavy (non-hydrogen) atoms. The lowest BCUT2D eigenvalue weighted by Gasteiger charge is -2.16. The highest BCUT2D eigenvalue weighted by molar-refractivity contribution is 5.88. The maximum Gasteiger partial charge on any atom is 0.247 e. The topological polar surface area (TPSA) is 102 Å². The van der Waals surface area contributed by atoms with Crippen molar-refractivity contribution in [2.24, 2.45) is 5.92 Å². The third kappa shape index (κ3) is 3.78. The number of aromatic nitrogens is 4. The molecule has 8 nitrogen and oxygen atoms in total. The summed E-state index contributed by atoms with van der Waals surface area (Å²) in [6.07, 6.45) is 2.59. The molecule has 1 fully saturated rings. The fraction of sp³-hybridized carbons (Fsp3) is 0.364. The minimum Gasteiger partial charge on any atom is -0.471 e. The van der Waals surface area contributed by atoms with Crippen molar-refractivity contribution in [2.75, 3.05) is 5.32 Å². The van der Waals surface area contributed by atoms with Gasteiger partial charge in [0.2, 0.25) is 17.7 Å². The number of anilines is 1. The molecule has 3 atom stereocenters. The molecule has 0 saturated heterocycles. The van der Waals surface area contributed by atoms with Crippen LogP contribution >= 0.6 is 0 Å². The van der Waals surface area contributed by atoms with Crippen LogP contribution in [-0.4, -0.2) is 36.6 Å². The number of aliphatic hydroxyl groups is 1. The SMILES string of the molecule is C=C1[C@H](CC)[C@@H](O)C[C@@H]1n1cnc2c(OCc3ccccc3)nc(NC(C)=O)nc21. The lowest BCUT2D eigenvalue weighted by atomic mass is 9.98. The Bertz CT molecular complexity index is 1080. The molecule has 0 radical (unpaired) electrons. The summed E-state index contributed by atoms with van der Waals surface area (Å²) in [6, 6.07) is 9.60. The molecule has 1 saturated carbocycles. The molecule has 2 N–H and O–H groups in total. The van der Waals surface area contributed by atoms with E-state index in [9.17, 15) is 9.90 Å². The highest BCUT2D eigenvalue weighted by Crippen LogP contribution is 2.42. The Kier molecular flexibility index (Phi) is 5.50. The van der Waals surface area contributed by atoms with Crippen LogP contribution in [0, 0.1) is 5.92 Å². The largest absolute Gasteiger partial charge is 0.471 e. The van der Waals surface area contributed by atoms with Crippen molar-refractivity contribution in [2.45, 2.75) is 45.4 Å². The lowest BCUT2D eigenvalue weighted by molar-refractivity contribution is -0.114. The molecule has 1 amide bonds. The molecule has 1 aromatic carbocycles. The fourth-order valence-corrected chi connectivity index (χ4v) is 4.02. The predicted molar refractivity (Wildman–Crippen MR) is 113 cm³/mol. The summed E-state index contributed by atoms with van der Waals surface area (Å²) in [7, 11) is 0. The monoisotopic (exact) mass is 407 g/mol. The fourth-order valence-electron chi connectivity index (χ4n) is 4.02. The number of carbonyl (C=O) groups is 1. The van der Waals surface area contributed by atoms with Gasteiger partial charge in [-0.3, -0.25) is 10.1 Å². The molecule has 0 bridgehead atoms. The van der Waals surface area contributed by atoms with Gasteiger partial charge < -0.3 is 14.4 Å². The Morgan fingerprint density at radius 1 is 1.33 bits per heavy atom. The third-order valence-electron chi connectivity index (χ3n) is 5.50. The van der Waals surface area contributed by atoms with Crippen LogP contribution in [0.4, 0.5) is 5.95 Å². The van der Waals surface area contributed by atoms with Crippen molar-refractivity contribution in [1.82, 2.24) is 19.5 Å². The minimum atomic E-state index is -0.449. The minimum absolute atomic E-state index is 0.0397. The number of carbonyl (C=O) groups excluding carboxylic acids is 1. The van der Waals surface area contributed by atoms with Crippen molar-refractivity contribution >= 4 is 23.0 Å². The number of imidazole rings is 1. The number of aliphatic hydroxyl groups excluding tert-OH is 1. The van der Waals surface area contributed by atoms with Gasteiger partial charge >= 0.3 is 0 Å². The van der Waals surface area contributed by atoms with Crippen molar-refractivity contribution in [1.29, 1.82) is 0 Å². The summed E-state index contributed by atoms with van der Waals surface area (Å²) in [5, 5.41) is 13.1. The third-order valence-corrected chi connectivity index (χ3v) is 5.50. The Hall–Kier alpha value is -3.26. The molecule has 0 spiro atoms. The number of amides is 1. The van der Waals surface area contributed by atoms with Crippen LogP contribution in [0.2, 0.25) is 0 Å². The molecular weight excluding hydrogens is 382 g/mol. The molecule has 8 heteroatoms. The lowest BCUT2D eigenvalue weighted by Crippen LogP contribution is -2.13. The van der Waals surface area contributed by atoms with Crippen molar-refractivity contribution < 1.29 is 14.6 Å². The van der Waals surface area contributed by atoms with E-state index in [1.807, 2.05) is 41.8 Å². The second-order valence-electron chi connectivity index (χ2n) is 7.54. The first-order valence-electron chi connectivity index (χ1n) is 10.0. The molecule has 3 aromatic rings. The van der Waals surface area contributed by atoms with Crippen LogP contribution in [0.1, 0.15) is 38.3 Å². The molecule has 156 valence electrons. The molecule has 0 aliphatic heterocycles. The Morgan fingerprint density at radius 3 is 2.77 bits per heavy atom. The van der Waals surface area contributed by atoms with E-state index in [0.717, 1.165) is 17.6 Å². The summed E-state index contributed by atoms with van der Waals surface area (Å²) in [5.74, 6) is 0.206. The van der Waals surface area contributed by atoms with Gasteiger partial charge in [0.05, 0.1) is 18.5 Å². The van der Waals surface area contributed by atoms with Crippen LogP contribution in [0.15, 0.2) is 48.8 Å². The van der Waals surface area contributed by atoms with Gasteiger partial charge in [0.25, 0.3) is 0 Å². The van der Waals surface area contributed by atoms with Gasteiger partial charge in [0, 0.05) is 12.8 Å². The maximum absolute atomic E-state index is 11.6. The van der Waals surface area contributed by atoms with E-state index in [0.29, 0.717) is 30.1 Å². The van der Waals surface area contributed by atoms with E-state index in [2.05, 4.69) is 26.8 Å². The van der Waals surface area contributed by atoms with E-state index < -0.39 is 6.10 Å². The maximum atomic E-state index is 11.6. The van der Waals surface area contributed by atoms with Crippen LogP contribution in [0.5, 0.6) is 5.88 Å². The zero-order chi connectivity index (χ0) is 21.3. The van der Waals surface area contributed by atoms with Crippen LogP contribution in [-0.2, 0) is 11.4 Å². The number of hydrogen-bond acceptors (Lipinski definition) is 6. The van der Waals surface area contributed by atoms with E-state index in [-0.39, 0.29) is 23.8 Å². The van der Waals surface area contributed by atoms with Gasteiger partial charge in [-0.1, -0.05) is 43.8 Å². The predicted octanol–water partition coefficient (Wildman–Crippen LogP) is 3.25. The zero-order valence-electron chi connectivity index (χ0n) is 17.1. The summed E-state index contributed by atoms with van der Waals surface area (Å²) in [5.41, 5.74) is 2.98. The second-order valence-corrected chi connectivity index (χ2v) is 7.54. The summed E-state index contributed by atoms with van der Waals surface area (Å²) >= 11 is 0. The Morgan fingerprint density at radius 2 is 2.10 bits per heavy atom. The average Bonchev–Trinajstić information content (AvgIpc) is 3.26. The van der Waals surface area contributed by atoms with Crippen LogP contribution in [0.25, 0.3) is 11.2 Å². The van der Waals surface area contributed by atoms with Gasteiger partial charge in [-0.15, -0.1) is 0 Å². The van der Waals surface area contributed by atoms with Gasteiger partial charge in [-0.2, -0.15) is 9.97 Å². The second kappa shape index (κ2) is 8.23. The number of hydrogen-bond donors (Lipinski definition) is 2. The summed E-state index contributed by atoms with van der Waals surface area (Å²) in [6.45, 7) is 7.97. The summed E-state index contributed by atoms with van der Waals surface area (Å²) in [4.78, 5) is 24.9. The van der Waals surface area contributed by atoms with Gasteiger partial charge in [0.1, 0.15) is 6.61 Å². The first-order valence-corrected chi connectivity index (χ1v) is 10.0. The van der Waals surface area contributed by atoms with E-state index in [1.165, 1.54) is 6.92 Å². The van der Waals surface area contributed by atoms with Crippen molar-refractivity contribution in [3.8, 4) is 5.88 Å². The molecule has 1 aliphatic rings. The molecule has 2 heterocycles. The van der Waals surface area contributed by atoms with E-state index in [1.54, 1.807) is 6.33 Å². The zero-order valence-corrected chi connectivity index (χ0v) is 17.1. The Balaban J connectivity index is 1.73. The number of nitrogens with one attached hydrogen (secondary N) is 1. The number of ether oxygens (including phenoxy) is 1. The molecule has 0 unspecified atom stereocenters. The molecule has 4 rings (SSSR count). The smallest absolute Gasteiger partial charge is 0.247 e. The van der Waals surface area contributed by atoms with E-state index >= 15 is 0 Å². The first kappa shape index (κ1) is 20.0. The number of fused-ring (bicyclic) bond motifs is 1. The Labute approximate surface area is 174 Å². The summed E-state index contributed by atoms with van der Waals surface area (Å²) < 4.78 is 7.83. The van der Waals surface area contributed by atoms with Crippen LogP contribution < -0.4 is 10.1 Å². The molecule has 2 aromatic heterocycles. The van der Waals surface area contributed by atoms with Crippen molar-refractivity contribution in [3.63, 3.8) is 0 Å². The molecular formula is C22H25N5O3. The van der Waals surface area contributed by atoms with Crippen molar-refractivity contribution in [3.05, 3.63) is 54.4 Å². The molecule has 1 aliphatic carbocycles. The quantitative estimate of drug-likeness (QED) is 0.608. The van der Waals surface area contributed by atoms with Gasteiger partial charge in [0.15, 0.2) is 11.2 Å². The number of rotatable bonds is 6. The highest BCUT2D eigenvalue weighted by Gasteiger charge is 2.37. The highest BCUT2D eigenvalue weighted by atomic mass is 16.5. The van der Waals surface area contributed by atoms with Gasteiger partial charge in [-0.25, -0.2) is 4.98 Å². The normalized spacial score (nSPS) is 21.2. The number of nitrogens with zero attached hydrogens (tertiary/aromatic N) is 4. The van der Waals surface area contributed by atoms with Gasteiger partial charge in [-0.05, 0) is 24.0 Å². The van der Waals surface area contributed by atoms with Crippen LogP contribution in [0.3, 0.4) is 0 Å². The average molecular weight is 407 g/mol.